The third-order valence-electron chi connectivity index (χ3n) is 7.96. The van der Waals surface area contributed by atoms with Gasteiger partial charge in [0.15, 0.2) is 7.14 Å². The van der Waals surface area contributed by atoms with Crippen molar-refractivity contribution in [2.75, 3.05) is 0 Å². The number of para-hydroxylation sites is 1. The molecule has 8 aromatic rings. The summed E-state index contributed by atoms with van der Waals surface area (Å²) in [6, 6.07) is 50.5. The van der Waals surface area contributed by atoms with E-state index in [2.05, 4.69) is 75.5 Å². The van der Waals surface area contributed by atoms with Gasteiger partial charge in [0.2, 0.25) is 0 Å². The lowest BCUT2D eigenvalue weighted by Crippen LogP contribution is -2.24. The summed E-state index contributed by atoms with van der Waals surface area (Å²) in [5, 5.41) is 12.7. The molecule has 200 valence electrons. The smallest absolute Gasteiger partial charge is 0.171 e. The molecule has 3 aromatic heterocycles. The van der Waals surface area contributed by atoms with E-state index in [9.17, 15) is 4.57 Å². The molecule has 3 heterocycles. The number of pyridine rings is 1. The highest BCUT2D eigenvalue weighted by Gasteiger charge is 2.29. The van der Waals surface area contributed by atoms with Gasteiger partial charge in [0, 0.05) is 32.6 Å². The Bertz CT molecular complexity index is 2210. The second-order valence-corrected chi connectivity index (χ2v) is 13.1. The number of hydrogen-bond donors (Lipinski definition) is 0. The lowest BCUT2D eigenvalue weighted by molar-refractivity contribution is 0.592. The van der Waals surface area contributed by atoms with Crippen LogP contribution < -0.4 is 15.9 Å². The molecule has 42 heavy (non-hydrogen) atoms. The maximum Gasteiger partial charge on any atom is 0.171 e. The van der Waals surface area contributed by atoms with E-state index in [-0.39, 0.29) is 0 Å². The zero-order valence-corrected chi connectivity index (χ0v) is 23.5. The maximum absolute atomic E-state index is 14.9. The fourth-order valence-corrected chi connectivity index (χ4v) is 8.64. The van der Waals surface area contributed by atoms with Crippen LogP contribution in [0.3, 0.4) is 0 Å². The van der Waals surface area contributed by atoms with Crippen molar-refractivity contribution in [3.63, 3.8) is 0 Å². The van der Waals surface area contributed by atoms with Gasteiger partial charge in [-0.3, -0.25) is 0 Å². The molecule has 5 aromatic carbocycles. The highest BCUT2D eigenvalue weighted by atomic mass is 31.2. The van der Waals surface area contributed by atoms with Crippen molar-refractivity contribution in [1.29, 1.82) is 0 Å². The minimum Gasteiger partial charge on any atom is -0.309 e. The third-order valence-corrected chi connectivity index (χ3v) is 11.0. The predicted octanol–water partition coefficient (Wildman–Crippen LogP) is 7.13. The summed E-state index contributed by atoms with van der Waals surface area (Å²) in [4.78, 5) is 0. The van der Waals surface area contributed by atoms with Crippen molar-refractivity contribution in [2.24, 2.45) is 0 Å². The molecule has 8 rings (SSSR count). The highest BCUT2D eigenvalue weighted by Crippen LogP contribution is 2.42. The van der Waals surface area contributed by atoms with Gasteiger partial charge in [-0.1, -0.05) is 114 Å². The second kappa shape index (κ2) is 9.69. The number of benzene rings is 5. The molecule has 0 unspecified atom stereocenters. The largest absolute Gasteiger partial charge is 0.309 e. The van der Waals surface area contributed by atoms with Crippen molar-refractivity contribution in [1.82, 2.24) is 19.4 Å². The van der Waals surface area contributed by atoms with Gasteiger partial charge in [0.1, 0.15) is 11.2 Å². The van der Waals surface area contributed by atoms with Crippen LogP contribution in [0.15, 0.2) is 152 Å². The van der Waals surface area contributed by atoms with Crippen LogP contribution in [0.5, 0.6) is 0 Å². The van der Waals surface area contributed by atoms with E-state index in [1.165, 1.54) is 0 Å². The lowest BCUT2D eigenvalue weighted by atomic mass is 10.1. The zero-order valence-electron chi connectivity index (χ0n) is 22.6. The molecule has 0 fully saturated rings. The Hall–Kier alpha value is -5.25. The van der Waals surface area contributed by atoms with Crippen LogP contribution in [0.4, 0.5) is 0 Å². The summed E-state index contributed by atoms with van der Waals surface area (Å²) in [7, 11) is -3.06. The first-order valence-electron chi connectivity index (χ1n) is 13.9. The van der Waals surface area contributed by atoms with Crippen LogP contribution in [0.25, 0.3) is 44.4 Å². The molecule has 0 aliphatic rings. The lowest BCUT2D eigenvalue weighted by Gasteiger charge is -2.20. The monoisotopic (exact) mass is 560 g/mol. The van der Waals surface area contributed by atoms with Crippen LogP contribution in [-0.2, 0) is 4.57 Å². The quantitative estimate of drug-likeness (QED) is 0.211. The summed E-state index contributed by atoms with van der Waals surface area (Å²) in [5.74, 6) is 0. The fourth-order valence-electron chi connectivity index (χ4n) is 5.99. The molecule has 0 aliphatic heterocycles. The Morgan fingerprint density at radius 3 is 1.71 bits per heavy atom. The molecule has 0 N–H and O–H groups in total. The Morgan fingerprint density at radius 1 is 0.500 bits per heavy atom. The van der Waals surface area contributed by atoms with Crippen molar-refractivity contribution >= 4 is 50.5 Å². The van der Waals surface area contributed by atoms with Gasteiger partial charge in [0.25, 0.3) is 0 Å². The number of fused-ring (bicyclic) bond motifs is 5. The van der Waals surface area contributed by atoms with E-state index in [0.29, 0.717) is 0 Å². The molecule has 0 saturated carbocycles. The minimum absolute atomic E-state index is 0.801. The van der Waals surface area contributed by atoms with Gasteiger partial charge in [0.05, 0.1) is 16.6 Å². The van der Waals surface area contributed by atoms with Gasteiger partial charge >= 0.3 is 0 Å². The van der Waals surface area contributed by atoms with Gasteiger partial charge in [-0.05, 0) is 42.5 Å². The van der Waals surface area contributed by atoms with Crippen LogP contribution in [-0.4, -0.2) is 19.4 Å². The van der Waals surface area contributed by atoms with Gasteiger partial charge in [-0.25, -0.2) is 4.52 Å². The van der Waals surface area contributed by atoms with Crippen molar-refractivity contribution in [3.8, 4) is 16.9 Å². The Morgan fingerprint density at radius 2 is 1.05 bits per heavy atom. The summed E-state index contributed by atoms with van der Waals surface area (Å²) >= 11 is 0. The van der Waals surface area contributed by atoms with Crippen LogP contribution in [0.2, 0.25) is 0 Å². The van der Waals surface area contributed by atoms with Crippen molar-refractivity contribution < 1.29 is 4.57 Å². The van der Waals surface area contributed by atoms with Gasteiger partial charge < -0.3 is 9.13 Å². The predicted molar refractivity (Wildman–Crippen MR) is 172 cm³/mol. The number of aromatic nitrogens is 4. The van der Waals surface area contributed by atoms with E-state index in [0.717, 1.165) is 60.3 Å². The first kappa shape index (κ1) is 24.5. The maximum atomic E-state index is 14.9. The van der Waals surface area contributed by atoms with E-state index in [1.807, 2.05) is 95.5 Å². The van der Waals surface area contributed by atoms with E-state index < -0.39 is 7.14 Å². The van der Waals surface area contributed by atoms with E-state index in [1.54, 1.807) is 0 Å². The molecule has 0 saturated heterocycles. The fraction of sp³-hybridized carbons (Fsp3) is 0. The minimum atomic E-state index is -3.06. The molecule has 6 heteroatoms. The highest BCUT2D eigenvalue weighted by molar-refractivity contribution is 7.85. The van der Waals surface area contributed by atoms with Crippen molar-refractivity contribution in [2.45, 2.75) is 0 Å². The SMILES string of the molecule is O=P(c1ccccc1)(c1ccccc1)c1ccc(-n2c3ccccc3c3c2ccc2c(-c4ccccc4)nnn23)cc1. The summed E-state index contributed by atoms with van der Waals surface area (Å²) < 4.78 is 19.1. The van der Waals surface area contributed by atoms with Crippen molar-refractivity contribution in [3.05, 3.63) is 152 Å². The molecule has 0 spiro atoms. The molecule has 5 nitrogen and oxygen atoms in total. The average Bonchev–Trinajstić information content (AvgIpc) is 3.65. The van der Waals surface area contributed by atoms with Gasteiger partial charge in [-0.2, -0.15) is 0 Å². The topological polar surface area (TPSA) is 52.2 Å². The molecular weight excluding hydrogens is 535 g/mol. The molecule has 0 bridgehead atoms. The average molecular weight is 561 g/mol. The first-order valence-corrected chi connectivity index (χ1v) is 15.6. The van der Waals surface area contributed by atoms with Crippen LogP contribution >= 0.6 is 7.14 Å². The molecule has 0 radical (unpaired) electrons. The Labute approximate surface area is 242 Å². The summed E-state index contributed by atoms with van der Waals surface area (Å²) in [5.41, 5.74) is 6.93. The number of hydrogen-bond acceptors (Lipinski definition) is 3. The molecule has 0 amide bonds. The second-order valence-electron chi connectivity index (χ2n) is 10.3. The zero-order chi connectivity index (χ0) is 28.1. The number of nitrogens with zero attached hydrogens (tertiary/aromatic N) is 4. The normalized spacial score (nSPS) is 11.9. The first-order chi connectivity index (χ1) is 20.7. The molecule has 0 atom stereocenters. The van der Waals surface area contributed by atoms with E-state index >= 15 is 0 Å². The molecule has 0 aliphatic carbocycles. The van der Waals surface area contributed by atoms with Gasteiger partial charge in [-0.15, -0.1) is 5.10 Å². The standard InChI is InChI=1S/C36H25N4OP/c41-42(28-14-6-2-7-15-28,29-16-8-3-9-17-29)30-22-20-27(21-23-30)39-32-19-11-10-18-31(32)36-34(39)25-24-33-35(37-38-40(33)36)26-12-4-1-5-13-26/h1-25H. The van der Waals surface area contributed by atoms with Crippen LogP contribution in [0.1, 0.15) is 0 Å². The van der Waals surface area contributed by atoms with E-state index in [4.69, 9.17) is 0 Å². The Kier molecular flexibility index (Phi) is 5.66. The number of rotatable bonds is 5. The molecular formula is C36H25N4OP. The third kappa shape index (κ3) is 3.68. The van der Waals surface area contributed by atoms with Crippen LogP contribution in [0, 0.1) is 0 Å². The summed E-state index contributed by atoms with van der Waals surface area (Å²) in [6.07, 6.45) is 0. The summed E-state index contributed by atoms with van der Waals surface area (Å²) in [6.45, 7) is 0. The Balaban J connectivity index is 1.32.